The van der Waals surface area contributed by atoms with E-state index in [-0.39, 0.29) is 18.3 Å². The number of amides is 1. The van der Waals surface area contributed by atoms with Crippen LogP contribution in [0.25, 0.3) is 16.9 Å². The van der Waals surface area contributed by atoms with Crippen molar-refractivity contribution in [2.75, 3.05) is 20.2 Å². The third kappa shape index (κ3) is 4.83. The van der Waals surface area contributed by atoms with Gasteiger partial charge in [-0.05, 0) is 50.6 Å². The largest absolute Gasteiger partial charge is 0.497 e. The van der Waals surface area contributed by atoms with Crippen LogP contribution < -0.4 is 15.4 Å². The smallest absolute Gasteiger partial charge is 0.255 e. The average Bonchev–Trinajstić information content (AvgIpc) is 3.43. The Labute approximate surface area is 183 Å². The lowest BCUT2D eigenvalue weighted by Crippen LogP contribution is -2.37. The first-order chi connectivity index (χ1) is 14.1. The summed E-state index contributed by atoms with van der Waals surface area (Å²) in [5, 5.41) is 11.2. The summed E-state index contributed by atoms with van der Waals surface area (Å²) in [5.74, 6) is 0.615. The Kier molecular flexibility index (Phi) is 7.13. The Morgan fingerprint density at radius 3 is 2.77 bits per heavy atom. The number of aryl methyl sites for hydroxylation is 1. The lowest BCUT2D eigenvalue weighted by Gasteiger charge is -2.11. The van der Waals surface area contributed by atoms with Crippen molar-refractivity contribution in [3.8, 4) is 22.7 Å². The topological polar surface area (TPSA) is 68.2 Å². The van der Waals surface area contributed by atoms with Crippen molar-refractivity contribution < 1.29 is 9.53 Å². The standard InChI is InChI=1S/C23H26N4O2.ClH/c1-16-8-10-19(11-9-16)27-15-21(23(28)25-14-18-6-4-12-24-18)22(26-27)17-5-3-7-20(13-17)29-2;/h3,5,7-11,13,15,18,24H,4,6,12,14H2,1-2H3,(H,25,28);1H. The molecule has 3 aromatic rings. The molecule has 0 aliphatic carbocycles. The van der Waals surface area contributed by atoms with Gasteiger partial charge in [0.2, 0.25) is 0 Å². The third-order valence-electron chi connectivity index (χ3n) is 5.27. The predicted octanol–water partition coefficient (Wildman–Crippen LogP) is 3.76. The number of benzene rings is 2. The molecule has 1 saturated heterocycles. The van der Waals surface area contributed by atoms with Crippen molar-refractivity contribution in [2.24, 2.45) is 0 Å². The summed E-state index contributed by atoms with van der Waals surface area (Å²) in [6.07, 6.45) is 4.05. The van der Waals surface area contributed by atoms with Gasteiger partial charge in [-0.25, -0.2) is 4.68 Å². The highest BCUT2D eigenvalue weighted by atomic mass is 35.5. The zero-order valence-corrected chi connectivity index (χ0v) is 18.0. The average molecular weight is 427 g/mol. The molecule has 2 N–H and O–H groups in total. The van der Waals surface area contributed by atoms with Gasteiger partial charge in [0.25, 0.3) is 5.91 Å². The quantitative estimate of drug-likeness (QED) is 0.629. The van der Waals surface area contributed by atoms with Crippen LogP contribution in [0.2, 0.25) is 0 Å². The molecule has 0 radical (unpaired) electrons. The first kappa shape index (κ1) is 21.9. The monoisotopic (exact) mass is 426 g/mol. The number of hydrogen-bond acceptors (Lipinski definition) is 4. The summed E-state index contributed by atoms with van der Waals surface area (Å²) in [5.41, 5.74) is 4.13. The van der Waals surface area contributed by atoms with E-state index in [0.29, 0.717) is 23.8 Å². The predicted molar refractivity (Wildman–Crippen MR) is 121 cm³/mol. The third-order valence-corrected chi connectivity index (χ3v) is 5.27. The molecular weight excluding hydrogens is 400 g/mol. The van der Waals surface area contributed by atoms with Gasteiger partial charge in [-0.1, -0.05) is 29.8 Å². The van der Waals surface area contributed by atoms with E-state index >= 15 is 0 Å². The number of aromatic nitrogens is 2. The molecule has 7 heteroatoms. The van der Waals surface area contributed by atoms with Crippen molar-refractivity contribution in [1.29, 1.82) is 0 Å². The highest BCUT2D eigenvalue weighted by Gasteiger charge is 2.21. The molecule has 2 heterocycles. The molecule has 30 heavy (non-hydrogen) atoms. The summed E-state index contributed by atoms with van der Waals surface area (Å²) in [7, 11) is 1.63. The lowest BCUT2D eigenvalue weighted by atomic mass is 10.1. The number of methoxy groups -OCH3 is 1. The van der Waals surface area contributed by atoms with E-state index < -0.39 is 0 Å². The van der Waals surface area contributed by atoms with Gasteiger partial charge in [-0.15, -0.1) is 12.4 Å². The van der Waals surface area contributed by atoms with Crippen molar-refractivity contribution in [3.05, 3.63) is 65.9 Å². The van der Waals surface area contributed by atoms with Gasteiger partial charge in [0.1, 0.15) is 11.4 Å². The molecule has 0 bridgehead atoms. The fourth-order valence-electron chi connectivity index (χ4n) is 3.60. The first-order valence-electron chi connectivity index (χ1n) is 9.97. The summed E-state index contributed by atoms with van der Waals surface area (Å²) >= 11 is 0. The molecule has 158 valence electrons. The molecule has 6 nitrogen and oxygen atoms in total. The second-order valence-electron chi connectivity index (χ2n) is 7.41. The molecule has 2 aromatic carbocycles. The highest BCUT2D eigenvalue weighted by molar-refractivity contribution is 6.00. The number of hydrogen-bond donors (Lipinski definition) is 2. The van der Waals surface area contributed by atoms with Gasteiger partial charge < -0.3 is 15.4 Å². The van der Waals surface area contributed by atoms with E-state index in [2.05, 4.69) is 10.6 Å². The maximum absolute atomic E-state index is 13.0. The van der Waals surface area contributed by atoms with Crippen LogP contribution in [0.4, 0.5) is 0 Å². The number of nitrogens with zero attached hydrogens (tertiary/aromatic N) is 2. The highest BCUT2D eigenvalue weighted by Crippen LogP contribution is 2.27. The molecule has 1 fully saturated rings. The first-order valence-corrected chi connectivity index (χ1v) is 9.97. The fraction of sp³-hybridized carbons (Fsp3) is 0.304. The molecule has 1 aliphatic rings. The second kappa shape index (κ2) is 9.78. The van der Waals surface area contributed by atoms with Gasteiger partial charge in [0.05, 0.1) is 18.4 Å². The van der Waals surface area contributed by atoms with Crippen LogP contribution in [0.5, 0.6) is 5.75 Å². The summed E-state index contributed by atoms with van der Waals surface area (Å²) in [4.78, 5) is 13.0. The SMILES string of the molecule is COc1cccc(-c2nn(-c3ccc(C)cc3)cc2C(=O)NCC2CCCN2)c1.Cl. The van der Waals surface area contributed by atoms with Gasteiger partial charge in [-0.3, -0.25) is 4.79 Å². The molecular formula is C23H27ClN4O2. The van der Waals surface area contributed by atoms with Gasteiger partial charge >= 0.3 is 0 Å². The van der Waals surface area contributed by atoms with E-state index in [4.69, 9.17) is 9.84 Å². The van der Waals surface area contributed by atoms with Crippen LogP contribution in [0.3, 0.4) is 0 Å². The number of halogens is 1. The zero-order valence-electron chi connectivity index (χ0n) is 17.2. The maximum Gasteiger partial charge on any atom is 0.255 e. The maximum atomic E-state index is 13.0. The van der Waals surface area contributed by atoms with Crippen LogP contribution in [0.1, 0.15) is 28.8 Å². The van der Waals surface area contributed by atoms with Gasteiger partial charge in [0, 0.05) is 24.3 Å². The van der Waals surface area contributed by atoms with Crippen molar-refractivity contribution in [2.45, 2.75) is 25.8 Å². The number of nitrogens with one attached hydrogen (secondary N) is 2. The van der Waals surface area contributed by atoms with Crippen LogP contribution >= 0.6 is 12.4 Å². The van der Waals surface area contributed by atoms with E-state index in [1.165, 1.54) is 5.56 Å². The Bertz CT molecular complexity index is 995. The Morgan fingerprint density at radius 2 is 2.07 bits per heavy atom. The Balaban J connectivity index is 0.00000256. The zero-order chi connectivity index (χ0) is 20.2. The summed E-state index contributed by atoms with van der Waals surface area (Å²) < 4.78 is 7.11. The van der Waals surface area contributed by atoms with Crippen molar-refractivity contribution in [3.63, 3.8) is 0 Å². The van der Waals surface area contributed by atoms with Crippen molar-refractivity contribution >= 4 is 18.3 Å². The van der Waals surface area contributed by atoms with Crippen LogP contribution in [0.15, 0.2) is 54.7 Å². The van der Waals surface area contributed by atoms with E-state index in [0.717, 1.165) is 36.4 Å². The van der Waals surface area contributed by atoms with Crippen LogP contribution in [-0.2, 0) is 0 Å². The number of carbonyl (C=O) groups excluding carboxylic acids is 1. The van der Waals surface area contributed by atoms with Crippen LogP contribution in [0, 0.1) is 6.92 Å². The van der Waals surface area contributed by atoms with E-state index in [9.17, 15) is 4.79 Å². The van der Waals surface area contributed by atoms with Gasteiger partial charge in [-0.2, -0.15) is 5.10 Å². The fourth-order valence-corrected chi connectivity index (χ4v) is 3.60. The molecule has 0 spiro atoms. The van der Waals surface area contributed by atoms with Crippen molar-refractivity contribution in [1.82, 2.24) is 20.4 Å². The number of rotatable bonds is 6. The van der Waals surface area contributed by atoms with Gasteiger partial charge in [0.15, 0.2) is 0 Å². The Hall–Kier alpha value is -2.83. The normalized spacial score (nSPS) is 15.5. The lowest BCUT2D eigenvalue weighted by molar-refractivity contribution is 0.0951. The molecule has 1 amide bonds. The molecule has 1 aliphatic heterocycles. The number of ether oxygens (including phenoxy) is 1. The minimum Gasteiger partial charge on any atom is -0.497 e. The molecule has 4 rings (SSSR count). The molecule has 1 unspecified atom stereocenters. The second-order valence-corrected chi connectivity index (χ2v) is 7.41. The molecule has 1 aromatic heterocycles. The van der Waals surface area contributed by atoms with E-state index in [1.54, 1.807) is 18.0 Å². The minimum absolute atomic E-state index is 0. The Morgan fingerprint density at radius 1 is 1.27 bits per heavy atom. The number of carbonyl (C=O) groups is 1. The molecule has 1 atom stereocenters. The summed E-state index contributed by atoms with van der Waals surface area (Å²) in [6, 6.07) is 16.0. The minimum atomic E-state index is -0.116. The summed E-state index contributed by atoms with van der Waals surface area (Å²) in [6.45, 7) is 3.68. The molecule has 0 saturated carbocycles. The van der Waals surface area contributed by atoms with Crippen LogP contribution in [-0.4, -0.2) is 41.9 Å². The van der Waals surface area contributed by atoms with E-state index in [1.807, 2.05) is 55.5 Å².